The highest BCUT2D eigenvalue weighted by Gasteiger charge is 2.27. The van der Waals surface area contributed by atoms with E-state index in [1.807, 2.05) is 30.3 Å². The minimum Gasteiger partial charge on any atom is -0.458 e. The Morgan fingerprint density at radius 2 is 2.04 bits per heavy atom. The van der Waals surface area contributed by atoms with Crippen molar-refractivity contribution in [1.29, 1.82) is 0 Å². The van der Waals surface area contributed by atoms with E-state index in [1.165, 1.54) is 0 Å². The number of aliphatic hydroxyl groups excluding tert-OH is 1. The van der Waals surface area contributed by atoms with Gasteiger partial charge in [0.2, 0.25) is 0 Å². The summed E-state index contributed by atoms with van der Waals surface area (Å²) in [5, 5.41) is 12.6. The summed E-state index contributed by atoms with van der Waals surface area (Å²) in [6, 6.07) is 9.49. The first-order valence-electron chi connectivity index (χ1n) is 8.12. The lowest BCUT2D eigenvalue weighted by Crippen LogP contribution is -2.19. The normalized spacial score (nSPS) is 15.0. The largest absolute Gasteiger partial charge is 0.458 e. The Morgan fingerprint density at radius 3 is 2.77 bits per heavy atom. The van der Waals surface area contributed by atoms with Gasteiger partial charge < -0.3 is 14.4 Å². The molecule has 0 saturated carbocycles. The number of aromatic nitrogens is 1. The number of halogens is 3. The molecule has 1 atom stereocenters. The number of hydrogen-bond acceptors (Lipinski definition) is 4. The van der Waals surface area contributed by atoms with Gasteiger partial charge in [0.15, 0.2) is 0 Å². The lowest BCUT2D eigenvalue weighted by Gasteiger charge is -2.15. The molecule has 0 radical (unpaired) electrons. The average molecular weight is 416 g/mol. The molecule has 0 fully saturated rings. The minimum absolute atomic E-state index is 0. The molecule has 3 heterocycles. The summed E-state index contributed by atoms with van der Waals surface area (Å²) in [6.07, 6.45) is 2.33. The van der Waals surface area contributed by atoms with E-state index in [9.17, 15) is 5.11 Å². The second-order valence-corrected chi connectivity index (χ2v) is 6.78. The van der Waals surface area contributed by atoms with Crippen LogP contribution in [0.3, 0.4) is 0 Å². The van der Waals surface area contributed by atoms with Gasteiger partial charge in [-0.15, -0.1) is 24.8 Å². The van der Waals surface area contributed by atoms with E-state index in [4.69, 9.17) is 16.0 Å². The molecule has 26 heavy (non-hydrogen) atoms. The maximum absolute atomic E-state index is 10.8. The van der Waals surface area contributed by atoms with Crippen LogP contribution in [0.5, 0.6) is 0 Å². The number of benzene rings is 1. The fraction of sp³-hybridized carbons (Fsp3) is 0.316. The fourth-order valence-electron chi connectivity index (χ4n) is 3.45. The summed E-state index contributed by atoms with van der Waals surface area (Å²) in [5.74, 6) is 0.632. The summed E-state index contributed by atoms with van der Waals surface area (Å²) >= 11 is 6.42. The second-order valence-electron chi connectivity index (χ2n) is 6.37. The van der Waals surface area contributed by atoms with Gasteiger partial charge in [0.25, 0.3) is 0 Å². The van der Waals surface area contributed by atoms with Gasteiger partial charge in [0.05, 0.1) is 0 Å². The van der Waals surface area contributed by atoms with Crippen LogP contribution >= 0.6 is 36.4 Å². The van der Waals surface area contributed by atoms with E-state index in [1.54, 1.807) is 6.20 Å². The van der Waals surface area contributed by atoms with Gasteiger partial charge in [-0.2, -0.15) is 0 Å². The first-order valence-corrected chi connectivity index (χ1v) is 8.50. The van der Waals surface area contributed by atoms with Crippen LogP contribution in [0.15, 0.2) is 40.9 Å². The molecule has 0 saturated heterocycles. The molecule has 140 valence electrons. The van der Waals surface area contributed by atoms with Crippen molar-refractivity contribution in [2.45, 2.75) is 25.5 Å². The second kappa shape index (κ2) is 8.59. The third kappa shape index (κ3) is 3.85. The van der Waals surface area contributed by atoms with Crippen molar-refractivity contribution in [2.75, 3.05) is 13.6 Å². The number of furan rings is 1. The third-order valence-electron chi connectivity index (χ3n) is 4.64. The SMILES string of the molecule is CN1CCc2c(Cl)ccc3oc(C(O)Cc4ccccn4)c(c23)C1.Cl.Cl. The third-order valence-corrected chi connectivity index (χ3v) is 4.99. The molecule has 2 aromatic heterocycles. The van der Waals surface area contributed by atoms with E-state index in [-0.39, 0.29) is 24.8 Å². The molecule has 0 bridgehead atoms. The zero-order valence-electron chi connectivity index (χ0n) is 14.3. The molecule has 3 aromatic rings. The Kier molecular flexibility index (Phi) is 6.94. The van der Waals surface area contributed by atoms with Crippen LogP contribution in [0.1, 0.15) is 28.7 Å². The highest BCUT2D eigenvalue weighted by Crippen LogP contribution is 2.38. The van der Waals surface area contributed by atoms with Gasteiger partial charge in [-0.05, 0) is 43.3 Å². The molecule has 1 N–H and O–H groups in total. The lowest BCUT2D eigenvalue weighted by atomic mass is 10.0. The molecule has 0 aliphatic carbocycles. The van der Waals surface area contributed by atoms with E-state index in [2.05, 4.69) is 16.9 Å². The van der Waals surface area contributed by atoms with Gasteiger partial charge >= 0.3 is 0 Å². The van der Waals surface area contributed by atoms with Crippen molar-refractivity contribution >= 4 is 47.4 Å². The van der Waals surface area contributed by atoms with Crippen molar-refractivity contribution in [1.82, 2.24) is 9.88 Å². The highest BCUT2D eigenvalue weighted by molar-refractivity contribution is 6.32. The Morgan fingerprint density at radius 1 is 1.23 bits per heavy atom. The van der Waals surface area contributed by atoms with Crippen LogP contribution in [0.2, 0.25) is 5.02 Å². The van der Waals surface area contributed by atoms with Crippen molar-refractivity contribution in [3.05, 3.63) is 64.1 Å². The predicted molar refractivity (Wildman–Crippen MR) is 109 cm³/mol. The molecule has 1 unspecified atom stereocenters. The smallest absolute Gasteiger partial charge is 0.138 e. The van der Waals surface area contributed by atoms with E-state index < -0.39 is 6.10 Å². The van der Waals surface area contributed by atoms with Gasteiger partial charge in [0, 0.05) is 47.4 Å². The molecule has 0 spiro atoms. The standard InChI is InChI=1S/C19H19ClN2O2.2ClH/c1-22-9-7-13-15(20)5-6-17-18(13)14(11-22)19(24-17)16(23)10-12-4-2-3-8-21-12;;/h2-6,8,16,23H,7,9-11H2,1H3;2*1H. The molecule has 0 amide bonds. The molecule has 4 rings (SSSR count). The molecule has 1 aliphatic rings. The van der Waals surface area contributed by atoms with Gasteiger partial charge in [-0.3, -0.25) is 4.98 Å². The first-order chi connectivity index (χ1) is 11.6. The van der Waals surface area contributed by atoms with E-state index in [0.29, 0.717) is 12.2 Å². The number of nitrogens with zero attached hydrogens (tertiary/aromatic N) is 2. The predicted octanol–water partition coefficient (Wildman–Crippen LogP) is 4.59. The fourth-order valence-corrected chi connectivity index (χ4v) is 3.70. The number of pyridine rings is 1. The average Bonchev–Trinajstić information content (AvgIpc) is 2.83. The van der Waals surface area contributed by atoms with Crippen molar-refractivity contribution in [3.63, 3.8) is 0 Å². The van der Waals surface area contributed by atoms with Crippen molar-refractivity contribution in [3.8, 4) is 0 Å². The zero-order valence-corrected chi connectivity index (χ0v) is 16.7. The summed E-state index contributed by atoms with van der Waals surface area (Å²) in [5.41, 5.74) is 3.81. The molecule has 7 heteroatoms. The number of aliphatic hydroxyl groups is 1. The summed E-state index contributed by atoms with van der Waals surface area (Å²) in [4.78, 5) is 6.53. The monoisotopic (exact) mass is 414 g/mol. The number of hydrogen-bond donors (Lipinski definition) is 1. The molecule has 1 aliphatic heterocycles. The van der Waals surface area contributed by atoms with Crippen molar-refractivity contribution < 1.29 is 9.52 Å². The zero-order chi connectivity index (χ0) is 16.7. The number of rotatable bonds is 3. The minimum atomic E-state index is -0.722. The van der Waals surface area contributed by atoms with Crippen LogP contribution in [0, 0.1) is 0 Å². The Hall–Kier alpha value is -1.30. The summed E-state index contributed by atoms with van der Waals surface area (Å²) in [6.45, 7) is 1.68. The van der Waals surface area contributed by atoms with Crippen LogP contribution < -0.4 is 0 Å². The Bertz CT molecular complexity index is 883. The Balaban J connectivity index is 0.00000121. The Labute approximate surface area is 170 Å². The quantitative estimate of drug-likeness (QED) is 0.680. The van der Waals surface area contributed by atoms with Crippen LogP contribution in [0.4, 0.5) is 0 Å². The summed E-state index contributed by atoms with van der Waals surface area (Å²) < 4.78 is 6.04. The maximum atomic E-state index is 10.8. The number of likely N-dealkylation sites (N-methyl/N-ethyl adjacent to an activating group) is 1. The van der Waals surface area contributed by atoms with Gasteiger partial charge in [-0.25, -0.2) is 0 Å². The first kappa shape index (κ1) is 21.0. The molecular weight excluding hydrogens is 395 g/mol. The summed E-state index contributed by atoms with van der Waals surface area (Å²) in [7, 11) is 2.08. The molecule has 4 nitrogen and oxygen atoms in total. The lowest BCUT2D eigenvalue weighted by molar-refractivity contribution is 0.148. The topological polar surface area (TPSA) is 49.5 Å². The van der Waals surface area contributed by atoms with E-state index in [0.717, 1.165) is 52.3 Å². The van der Waals surface area contributed by atoms with Crippen molar-refractivity contribution in [2.24, 2.45) is 0 Å². The van der Waals surface area contributed by atoms with Crippen LogP contribution in [-0.2, 0) is 19.4 Å². The van der Waals surface area contributed by atoms with Gasteiger partial charge in [0.1, 0.15) is 17.4 Å². The van der Waals surface area contributed by atoms with Gasteiger partial charge in [-0.1, -0.05) is 17.7 Å². The highest BCUT2D eigenvalue weighted by atomic mass is 35.5. The molecule has 1 aromatic carbocycles. The van der Waals surface area contributed by atoms with E-state index >= 15 is 0 Å². The van der Waals surface area contributed by atoms with Crippen LogP contribution in [0.25, 0.3) is 11.0 Å². The molecular formula is C19H21Cl3N2O2. The maximum Gasteiger partial charge on any atom is 0.138 e. The van der Waals surface area contributed by atoms with Crippen LogP contribution in [-0.4, -0.2) is 28.6 Å².